The standard InChI is InChI=1S/C20H18BrN3O4S/c1-28-18-10-8-17(9-11-18)24(29(26,27)19-3-2-12-22-13-19)14-20(25)23-16-6-4-15(21)5-7-16/h2-13H,14H2,1H3,(H,23,25). The Morgan fingerprint density at radius 1 is 1.10 bits per heavy atom. The first-order chi connectivity index (χ1) is 13.9. The number of carbonyl (C=O) groups excluding carboxylic acids is 1. The molecule has 0 radical (unpaired) electrons. The van der Waals surface area contributed by atoms with Gasteiger partial charge in [0.05, 0.1) is 12.8 Å². The molecule has 0 saturated heterocycles. The molecule has 0 aliphatic rings. The maximum absolute atomic E-state index is 13.2. The van der Waals surface area contributed by atoms with Gasteiger partial charge in [0.2, 0.25) is 5.91 Å². The average Bonchev–Trinajstić information content (AvgIpc) is 2.74. The van der Waals surface area contributed by atoms with E-state index in [-0.39, 0.29) is 4.90 Å². The Labute approximate surface area is 177 Å². The van der Waals surface area contributed by atoms with Gasteiger partial charge in [-0.05, 0) is 60.7 Å². The maximum atomic E-state index is 13.2. The van der Waals surface area contributed by atoms with Gasteiger partial charge in [-0.15, -0.1) is 0 Å². The molecule has 2 aromatic carbocycles. The first-order valence-corrected chi connectivity index (χ1v) is 10.8. The summed E-state index contributed by atoms with van der Waals surface area (Å²) in [7, 11) is -2.49. The molecule has 7 nitrogen and oxygen atoms in total. The summed E-state index contributed by atoms with van der Waals surface area (Å²) in [6.45, 7) is -0.403. The van der Waals surface area contributed by atoms with Crippen LogP contribution in [0.1, 0.15) is 0 Å². The van der Waals surface area contributed by atoms with E-state index in [2.05, 4.69) is 26.2 Å². The molecule has 0 atom stereocenters. The summed E-state index contributed by atoms with van der Waals surface area (Å²) in [6, 6.07) is 16.4. The minimum atomic E-state index is -4.01. The lowest BCUT2D eigenvalue weighted by atomic mass is 10.3. The third-order valence-electron chi connectivity index (χ3n) is 4.00. The monoisotopic (exact) mass is 475 g/mol. The minimum Gasteiger partial charge on any atom is -0.497 e. The van der Waals surface area contributed by atoms with Crippen LogP contribution in [0.15, 0.2) is 82.4 Å². The normalized spacial score (nSPS) is 11.0. The van der Waals surface area contributed by atoms with Crippen molar-refractivity contribution < 1.29 is 17.9 Å². The smallest absolute Gasteiger partial charge is 0.266 e. The predicted molar refractivity (Wildman–Crippen MR) is 115 cm³/mol. The number of halogens is 1. The second-order valence-corrected chi connectivity index (χ2v) is 8.73. The summed E-state index contributed by atoms with van der Waals surface area (Å²) in [5.41, 5.74) is 0.896. The van der Waals surface area contributed by atoms with Crippen molar-refractivity contribution in [2.24, 2.45) is 0 Å². The highest BCUT2D eigenvalue weighted by atomic mass is 79.9. The second kappa shape index (κ2) is 9.06. The van der Waals surface area contributed by atoms with Crippen LogP contribution in [-0.4, -0.2) is 33.0 Å². The van der Waals surface area contributed by atoms with Gasteiger partial charge in [0.15, 0.2) is 0 Å². The van der Waals surface area contributed by atoms with Crippen LogP contribution in [0.2, 0.25) is 0 Å². The Morgan fingerprint density at radius 3 is 2.38 bits per heavy atom. The number of sulfonamides is 1. The van der Waals surface area contributed by atoms with E-state index in [9.17, 15) is 13.2 Å². The number of hydrogen-bond acceptors (Lipinski definition) is 5. The minimum absolute atomic E-state index is 0.00717. The SMILES string of the molecule is COc1ccc(N(CC(=O)Nc2ccc(Br)cc2)S(=O)(=O)c2cccnc2)cc1. The number of aromatic nitrogens is 1. The summed E-state index contributed by atoms with van der Waals surface area (Å²) in [5.74, 6) is 0.0994. The lowest BCUT2D eigenvalue weighted by Gasteiger charge is -2.24. The summed E-state index contributed by atoms with van der Waals surface area (Å²) < 4.78 is 33.4. The van der Waals surface area contributed by atoms with Crippen molar-refractivity contribution in [3.05, 3.63) is 77.5 Å². The number of ether oxygens (including phenoxy) is 1. The summed E-state index contributed by atoms with van der Waals surface area (Å²) in [5, 5.41) is 2.71. The van der Waals surface area contributed by atoms with Crippen molar-refractivity contribution >= 4 is 43.2 Å². The van der Waals surface area contributed by atoms with Crippen LogP contribution in [-0.2, 0) is 14.8 Å². The molecule has 0 aliphatic carbocycles. The topological polar surface area (TPSA) is 88.6 Å². The number of benzene rings is 2. The van der Waals surface area contributed by atoms with Crippen molar-refractivity contribution in [1.29, 1.82) is 0 Å². The molecule has 0 unspecified atom stereocenters. The maximum Gasteiger partial charge on any atom is 0.266 e. The zero-order valence-corrected chi connectivity index (χ0v) is 17.9. The quantitative estimate of drug-likeness (QED) is 0.562. The van der Waals surface area contributed by atoms with Gasteiger partial charge in [0.25, 0.3) is 10.0 Å². The molecule has 3 rings (SSSR count). The van der Waals surface area contributed by atoms with Crippen molar-refractivity contribution in [1.82, 2.24) is 4.98 Å². The average molecular weight is 476 g/mol. The third-order valence-corrected chi connectivity index (χ3v) is 6.28. The number of hydrogen-bond donors (Lipinski definition) is 1. The van der Waals surface area contributed by atoms with Crippen LogP contribution in [0.3, 0.4) is 0 Å². The van der Waals surface area contributed by atoms with Gasteiger partial charge in [0, 0.05) is 22.6 Å². The number of pyridine rings is 1. The molecule has 1 aromatic heterocycles. The Hall–Kier alpha value is -2.91. The fraction of sp³-hybridized carbons (Fsp3) is 0.100. The molecule has 0 fully saturated rings. The number of rotatable bonds is 7. The molecule has 1 N–H and O–H groups in total. The summed E-state index contributed by atoms with van der Waals surface area (Å²) in [6.07, 6.45) is 2.73. The van der Waals surface area contributed by atoms with Crippen LogP contribution in [0.25, 0.3) is 0 Å². The highest BCUT2D eigenvalue weighted by Gasteiger charge is 2.27. The van der Waals surface area contributed by atoms with Crippen molar-refractivity contribution in [3.63, 3.8) is 0 Å². The van der Waals surface area contributed by atoms with E-state index in [4.69, 9.17) is 4.74 Å². The highest BCUT2D eigenvalue weighted by molar-refractivity contribution is 9.10. The Bertz CT molecular complexity index is 1070. The van der Waals surface area contributed by atoms with E-state index in [1.807, 2.05) is 0 Å². The lowest BCUT2D eigenvalue weighted by Crippen LogP contribution is -2.38. The van der Waals surface area contributed by atoms with E-state index >= 15 is 0 Å². The molecular formula is C20H18BrN3O4S. The number of methoxy groups -OCH3 is 1. The van der Waals surface area contributed by atoms with Crippen LogP contribution < -0.4 is 14.4 Å². The Balaban J connectivity index is 1.91. The van der Waals surface area contributed by atoms with Crippen LogP contribution >= 0.6 is 15.9 Å². The van der Waals surface area contributed by atoms with Crippen LogP contribution in [0.5, 0.6) is 5.75 Å². The zero-order chi connectivity index (χ0) is 20.9. The lowest BCUT2D eigenvalue weighted by molar-refractivity contribution is -0.114. The van der Waals surface area contributed by atoms with Gasteiger partial charge in [-0.2, -0.15) is 0 Å². The van der Waals surface area contributed by atoms with Gasteiger partial charge < -0.3 is 10.1 Å². The van der Waals surface area contributed by atoms with Crippen molar-refractivity contribution in [2.75, 3.05) is 23.3 Å². The van der Waals surface area contributed by atoms with Gasteiger partial charge in [-0.25, -0.2) is 8.42 Å². The number of nitrogens with zero attached hydrogens (tertiary/aromatic N) is 2. The number of anilines is 2. The predicted octanol–water partition coefficient (Wildman–Crippen LogP) is 3.69. The summed E-state index contributed by atoms with van der Waals surface area (Å²) >= 11 is 3.33. The van der Waals surface area contributed by atoms with E-state index in [0.717, 1.165) is 8.78 Å². The first kappa shape index (κ1) is 20.8. The Kier molecular flexibility index (Phi) is 6.50. The van der Waals surface area contributed by atoms with Gasteiger partial charge >= 0.3 is 0 Å². The van der Waals surface area contributed by atoms with E-state index in [1.165, 1.54) is 31.6 Å². The zero-order valence-electron chi connectivity index (χ0n) is 15.4. The highest BCUT2D eigenvalue weighted by Crippen LogP contribution is 2.25. The first-order valence-electron chi connectivity index (χ1n) is 8.52. The van der Waals surface area contributed by atoms with E-state index < -0.39 is 22.5 Å². The third kappa shape index (κ3) is 5.12. The largest absolute Gasteiger partial charge is 0.497 e. The molecule has 150 valence electrons. The molecule has 0 bridgehead atoms. The molecule has 0 aliphatic heterocycles. The number of amides is 1. The molecular weight excluding hydrogens is 458 g/mol. The molecule has 29 heavy (non-hydrogen) atoms. The van der Waals surface area contributed by atoms with Crippen molar-refractivity contribution in [3.8, 4) is 5.75 Å². The van der Waals surface area contributed by atoms with Gasteiger partial charge in [0.1, 0.15) is 17.2 Å². The molecule has 0 saturated carbocycles. The van der Waals surface area contributed by atoms with Crippen LogP contribution in [0.4, 0.5) is 11.4 Å². The van der Waals surface area contributed by atoms with E-state index in [1.54, 1.807) is 48.5 Å². The fourth-order valence-corrected chi connectivity index (χ4v) is 4.20. The molecule has 9 heteroatoms. The molecule has 1 amide bonds. The molecule has 3 aromatic rings. The number of nitrogens with one attached hydrogen (secondary N) is 1. The van der Waals surface area contributed by atoms with E-state index in [0.29, 0.717) is 17.1 Å². The molecule has 1 heterocycles. The summed E-state index contributed by atoms with van der Waals surface area (Å²) in [4.78, 5) is 16.5. The van der Waals surface area contributed by atoms with Gasteiger partial charge in [-0.3, -0.25) is 14.1 Å². The second-order valence-electron chi connectivity index (χ2n) is 5.95. The molecule has 0 spiro atoms. The van der Waals surface area contributed by atoms with Crippen molar-refractivity contribution in [2.45, 2.75) is 4.90 Å². The number of carbonyl (C=O) groups is 1. The Morgan fingerprint density at radius 2 is 1.79 bits per heavy atom. The fourth-order valence-electron chi connectivity index (χ4n) is 2.55. The van der Waals surface area contributed by atoms with Gasteiger partial charge in [-0.1, -0.05) is 15.9 Å². The van der Waals surface area contributed by atoms with Crippen LogP contribution in [0, 0.1) is 0 Å².